The maximum absolute atomic E-state index is 11.9. The summed E-state index contributed by atoms with van der Waals surface area (Å²) in [4.78, 5) is 11.5. The fourth-order valence-electron chi connectivity index (χ4n) is 8.28. The van der Waals surface area contributed by atoms with E-state index in [9.17, 15) is 15.0 Å². The average Bonchev–Trinajstić information content (AvgIpc) is 3.16. The molecule has 4 nitrogen and oxygen atoms in total. The van der Waals surface area contributed by atoms with Crippen molar-refractivity contribution in [2.24, 2.45) is 23.2 Å². The predicted octanol–water partition coefficient (Wildman–Crippen LogP) is 7.87. The van der Waals surface area contributed by atoms with Gasteiger partial charge in [0, 0.05) is 13.0 Å². The van der Waals surface area contributed by atoms with Gasteiger partial charge in [-0.1, -0.05) is 57.9 Å². The minimum atomic E-state index is -0.378. The Bertz CT molecular complexity index is 927. The lowest BCUT2D eigenvalue weighted by molar-refractivity contribution is -0.121. The van der Waals surface area contributed by atoms with Gasteiger partial charge >= 0.3 is 0 Å². The van der Waals surface area contributed by atoms with E-state index in [-0.39, 0.29) is 22.3 Å². The first-order valence-corrected chi connectivity index (χ1v) is 15.9. The highest BCUT2D eigenvalue weighted by Gasteiger charge is 2.57. The Morgan fingerprint density at radius 2 is 1.74 bits per heavy atom. The van der Waals surface area contributed by atoms with Gasteiger partial charge in [-0.05, 0) is 111 Å². The fraction of sp³-hybridized carbons (Fsp3) is 0.788. The van der Waals surface area contributed by atoms with Gasteiger partial charge in [-0.25, -0.2) is 0 Å². The van der Waals surface area contributed by atoms with Crippen LogP contribution in [0.15, 0.2) is 18.2 Å². The number of carbonyl (C=O) groups excluding carboxylic acids is 1. The summed E-state index contributed by atoms with van der Waals surface area (Å²) < 4.78 is 0. The third-order valence-corrected chi connectivity index (χ3v) is 10.3. The SMILES string of the molecule is CC(C)(Cl)CNC(=O)CCCCCCCCCC[C@H]1C[C@]2(C)[C@@H](O)CC[C@H]2[C@@H]2CCc3cc(O)ccc3[C@@H]12. The number of aromatic hydroxyl groups is 1. The molecular formula is C33H52ClNO3. The molecule has 0 aromatic heterocycles. The van der Waals surface area contributed by atoms with E-state index in [0.29, 0.717) is 42.4 Å². The molecule has 0 spiro atoms. The highest BCUT2D eigenvalue weighted by molar-refractivity contribution is 6.23. The van der Waals surface area contributed by atoms with Crippen molar-refractivity contribution in [2.75, 3.05) is 6.54 Å². The molecule has 0 unspecified atom stereocenters. The fourth-order valence-corrected chi connectivity index (χ4v) is 8.35. The smallest absolute Gasteiger partial charge is 0.220 e. The molecule has 214 valence electrons. The second-order valence-electron chi connectivity index (χ2n) is 13.6. The number of aliphatic hydroxyl groups is 1. The van der Waals surface area contributed by atoms with Crippen LogP contribution in [0.5, 0.6) is 5.75 Å². The standard InChI is InChI=1S/C33H52ClNO3/c1-32(2,34)22-35-30(38)13-11-9-7-5-4-6-8-10-12-24-21-33(3)28(18-19-29(33)37)27-16-14-23-20-25(36)15-17-26(23)31(24)27/h15,17,20,24,27-29,31,36-37H,4-14,16,18-19,21-22H2,1-3H3,(H,35,38)/t24-,27-,28-,29-,31+,33-/m0/s1. The number of amides is 1. The average molecular weight is 546 g/mol. The molecule has 1 amide bonds. The number of halogens is 1. The Hall–Kier alpha value is -1.26. The first-order chi connectivity index (χ1) is 18.1. The molecule has 0 radical (unpaired) electrons. The van der Waals surface area contributed by atoms with Crippen LogP contribution in [0.2, 0.25) is 0 Å². The number of fused-ring (bicyclic) bond motifs is 5. The Morgan fingerprint density at radius 1 is 1.05 bits per heavy atom. The lowest BCUT2D eigenvalue weighted by Gasteiger charge is -2.54. The molecule has 0 saturated heterocycles. The number of alkyl halides is 1. The zero-order valence-corrected chi connectivity index (χ0v) is 24.9. The highest BCUT2D eigenvalue weighted by Crippen LogP contribution is 2.63. The zero-order valence-electron chi connectivity index (χ0n) is 24.1. The predicted molar refractivity (Wildman–Crippen MR) is 157 cm³/mol. The normalized spacial score (nSPS) is 30.4. The van der Waals surface area contributed by atoms with Crippen molar-refractivity contribution in [1.82, 2.24) is 5.32 Å². The van der Waals surface area contributed by atoms with Gasteiger partial charge in [0.2, 0.25) is 5.91 Å². The van der Waals surface area contributed by atoms with Gasteiger partial charge in [0.15, 0.2) is 0 Å². The van der Waals surface area contributed by atoms with Crippen LogP contribution in [0, 0.1) is 23.2 Å². The van der Waals surface area contributed by atoms with Gasteiger partial charge in [-0.15, -0.1) is 11.6 Å². The second kappa shape index (κ2) is 12.9. The van der Waals surface area contributed by atoms with Crippen molar-refractivity contribution >= 4 is 17.5 Å². The van der Waals surface area contributed by atoms with Crippen molar-refractivity contribution < 1.29 is 15.0 Å². The van der Waals surface area contributed by atoms with Crippen LogP contribution in [0.25, 0.3) is 0 Å². The van der Waals surface area contributed by atoms with Gasteiger partial charge in [0.25, 0.3) is 0 Å². The summed E-state index contributed by atoms with van der Waals surface area (Å²) in [5.74, 6) is 3.06. The van der Waals surface area contributed by atoms with Crippen LogP contribution in [0.3, 0.4) is 0 Å². The quantitative estimate of drug-likeness (QED) is 0.174. The summed E-state index contributed by atoms with van der Waals surface area (Å²) >= 11 is 6.13. The molecule has 1 aromatic rings. The zero-order chi connectivity index (χ0) is 27.3. The molecule has 2 fully saturated rings. The van der Waals surface area contributed by atoms with Crippen molar-refractivity contribution in [3.8, 4) is 5.75 Å². The number of aryl methyl sites for hydroxylation is 1. The van der Waals surface area contributed by atoms with Gasteiger partial charge in [-0.2, -0.15) is 0 Å². The first-order valence-electron chi connectivity index (χ1n) is 15.5. The number of rotatable bonds is 13. The van der Waals surface area contributed by atoms with Gasteiger partial charge in [0.05, 0.1) is 11.0 Å². The topological polar surface area (TPSA) is 69.6 Å². The number of nitrogens with one attached hydrogen (secondary N) is 1. The van der Waals surface area contributed by atoms with Crippen LogP contribution in [-0.4, -0.2) is 33.6 Å². The van der Waals surface area contributed by atoms with Crippen LogP contribution < -0.4 is 5.32 Å². The van der Waals surface area contributed by atoms with E-state index >= 15 is 0 Å². The molecule has 2 saturated carbocycles. The van der Waals surface area contributed by atoms with Crippen molar-refractivity contribution in [3.63, 3.8) is 0 Å². The van der Waals surface area contributed by atoms with E-state index in [1.807, 2.05) is 26.0 Å². The lowest BCUT2D eigenvalue weighted by atomic mass is 9.51. The molecule has 3 aliphatic rings. The molecule has 5 heteroatoms. The van der Waals surface area contributed by atoms with Crippen LogP contribution in [0.1, 0.15) is 128 Å². The number of unbranched alkanes of at least 4 members (excludes halogenated alkanes) is 7. The molecule has 3 N–H and O–H groups in total. The van der Waals surface area contributed by atoms with E-state index in [0.717, 1.165) is 32.1 Å². The van der Waals surface area contributed by atoms with Crippen LogP contribution in [0.4, 0.5) is 0 Å². The van der Waals surface area contributed by atoms with E-state index < -0.39 is 0 Å². The van der Waals surface area contributed by atoms with Crippen molar-refractivity contribution in [2.45, 2.75) is 134 Å². The summed E-state index contributed by atoms with van der Waals surface area (Å²) in [6.45, 7) is 6.73. The molecule has 0 aliphatic heterocycles. The van der Waals surface area contributed by atoms with E-state index in [4.69, 9.17) is 11.6 Å². The summed E-state index contributed by atoms with van der Waals surface area (Å²) in [6.07, 6.45) is 17.0. The summed E-state index contributed by atoms with van der Waals surface area (Å²) in [5, 5.41) is 24.0. The van der Waals surface area contributed by atoms with Crippen LogP contribution >= 0.6 is 11.6 Å². The molecule has 1 aromatic carbocycles. The van der Waals surface area contributed by atoms with Gasteiger partial charge in [-0.3, -0.25) is 4.79 Å². The van der Waals surface area contributed by atoms with E-state index in [1.54, 1.807) is 0 Å². The Labute approximate surface area is 236 Å². The number of phenolic OH excluding ortho intramolecular Hbond substituents is 1. The van der Waals surface area contributed by atoms with E-state index in [2.05, 4.69) is 18.3 Å². The number of aliphatic hydroxyl groups excluding tert-OH is 1. The lowest BCUT2D eigenvalue weighted by Crippen LogP contribution is -2.47. The monoisotopic (exact) mass is 545 g/mol. The third-order valence-electron chi connectivity index (χ3n) is 10.2. The van der Waals surface area contributed by atoms with Crippen molar-refractivity contribution in [3.05, 3.63) is 29.3 Å². The molecule has 0 bridgehead atoms. The Morgan fingerprint density at radius 3 is 2.45 bits per heavy atom. The molecular weight excluding hydrogens is 494 g/mol. The highest BCUT2D eigenvalue weighted by atomic mass is 35.5. The largest absolute Gasteiger partial charge is 0.508 e. The van der Waals surface area contributed by atoms with Crippen LogP contribution in [-0.2, 0) is 11.2 Å². The van der Waals surface area contributed by atoms with E-state index in [1.165, 1.54) is 68.9 Å². The Balaban J connectivity index is 1.19. The van der Waals surface area contributed by atoms with Gasteiger partial charge in [0.1, 0.15) is 5.75 Å². The number of hydrogen-bond donors (Lipinski definition) is 3. The maximum atomic E-state index is 11.9. The molecule has 4 rings (SSSR count). The number of hydrogen-bond acceptors (Lipinski definition) is 3. The third kappa shape index (κ3) is 7.27. The van der Waals surface area contributed by atoms with Crippen molar-refractivity contribution in [1.29, 1.82) is 0 Å². The number of phenols is 1. The second-order valence-corrected chi connectivity index (χ2v) is 14.7. The number of carbonyl (C=O) groups is 1. The summed E-state index contributed by atoms with van der Waals surface area (Å²) in [7, 11) is 0. The summed E-state index contributed by atoms with van der Waals surface area (Å²) in [6, 6.07) is 6.11. The minimum absolute atomic E-state index is 0.0807. The minimum Gasteiger partial charge on any atom is -0.508 e. The first kappa shape index (κ1) is 29.7. The Kier molecular flexibility index (Phi) is 10.1. The number of benzene rings is 1. The molecule has 3 aliphatic carbocycles. The maximum Gasteiger partial charge on any atom is 0.220 e. The molecule has 0 heterocycles. The summed E-state index contributed by atoms with van der Waals surface area (Å²) in [5.41, 5.74) is 2.93. The molecule has 6 atom stereocenters. The molecule has 38 heavy (non-hydrogen) atoms. The van der Waals surface area contributed by atoms with Gasteiger partial charge < -0.3 is 15.5 Å².